The number of rotatable bonds is 5. The number of nitrogens with two attached hydrogens (primary N) is 1. The molecule has 1 aromatic heterocycles. The Morgan fingerprint density at radius 1 is 1.50 bits per heavy atom. The molecular formula is C11H19N5O2. The topological polar surface area (TPSA) is 102 Å². The number of carbonyl (C=O) groups is 2. The van der Waals surface area contributed by atoms with Gasteiger partial charge in [0.1, 0.15) is 12.4 Å². The maximum Gasteiger partial charge on any atom is 0.241 e. The smallest absolute Gasteiger partial charge is 0.241 e. The van der Waals surface area contributed by atoms with Crippen molar-refractivity contribution in [3.8, 4) is 0 Å². The number of anilines is 1. The summed E-state index contributed by atoms with van der Waals surface area (Å²) in [5.74, 6) is 0.0368. The van der Waals surface area contributed by atoms with Gasteiger partial charge in [-0.3, -0.25) is 14.3 Å². The van der Waals surface area contributed by atoms with Gasteiger partial charge in [-0.1, -0.05) is 0 Å². The largest absolute Gasteiger partial charge is 0.382 e. The van der Waals surface area contributed by atoms with Crippen LogP contribution in [0, 0.1) is 5.41 Å². The second-order valence-electron chi connectivity index (χ2n) is 4.68. The van der Waals surface area contributed by atoms with Crippen LogP contribution in [0.15, 0.2) is 12.3 Å². The van der Waals surface area contributed by atoms with E-state index >= 15 is 0 Å². The van der Waals surface area contributed by atoms with E-state index in [2.05, 4.69) is 15.7 Å². The number of nitrogens with one attached hydrogen (secondary N) is 2. The lowest BCUT2D eigenvalue weighted by molar-refractivity contribution is -0.129. The molecule has 0 aliphatic rings. The molecule has 0 atom stereocenters. The summed E-state index contributed by atoms with van der Waals surface area (Å²) < 4.78 is 1.44. The third-order valence-electron chi connectivity index (χ3n) is 2.54. The molecule has 0 unspecified atom stereocenters. The molecule has 4 N–H and O–H groups in total. The summed E-state index contributed by atoms with van der Waals surface area (Å²) in [6, 6.07) is 1.61. The predicted molar refractivity (Wildman–Crippen MR) is 67.5 cm³/mol. The minimum Gasteiger partial charge on any atom is -0.382 e. The van der Waals surface area contributed by atoms with Crippen LogP contribution >= 0.6 is 0 Å². The van der Waals surface area contributed by atoms with Gasteiger partial charge < -0.3 is 16.4 Å². The second-order valence-corrected chi connectivity index (χ2v) is 4.68. The van der Waals surface area contributed by atoms with Crippen LogP contribution in [0.5, 0.6) is 0 Å². The van der Waals surface area contributed by atoms with E-state index in [-0.39, 0.29) is 24.9 Å². The van der Waals surface area contributed by atoms with Gasteiger partial charge >= 0.3 is 0 Å². The Hall–Kier alpha value is -2.05. The third kappa shape index (κ3) is 3.76. The van der Waals surface area contributed by atoms with Crippen molar-refractivity contribution in [2.24, 2.45) is 5.41 Å². The van der Waals surface area contributed by atoms with Crippen molar-refractivity contribution in [1.82, 2.24) is 20.4 Å². The molecule has 2 amide bonds. The van der Waals surface area contributed by atoms with Crippen molar-refractivity contribution in [3.63, 3.8) is 0 Å². The zero-order valence-corrected chi connectivity index (χ0v) is 10.9. The molecule has 0 radical (unpaired) electrons. The summed E-state index contributed by atoms with van der Waals surface area (Å²) in [5, 5.41) is 9.15. The molecule has 0 spiro atoms. The van der Waals surface area contributed by atoms with E-state index in [0.29, 0.717) is 5.82 Å². The van der Waals surface area contributed by atoms with E-state index < -0.39 is 5.41 Å². The Kier molecular flexibility index (Phi) is 4.30. The minimum atomic E-state index is -0.645. The summed E-state index contributed by atoms with van der Waals surface area (Å²) in [7, 11) is 1.57. The van der Waals surface area contributed by atoms with Crippen molar-refractivity contribution >= 4 is 17.6 Å². The van der Waals surface area contributed by atoms with Crippen LogP contribution in [0.25, 0.3) is 0 Å². The highest BCUT2D eigenvalue weighted by molar-refractivity contribution is 5.83. The van der Waals surface area contributed by atoms with Crippen LogP contribution in [0.3, 0.4) is 0 Å². The van der Waals surface area contributed by atoms with E-state index in [1.807, 2.05) is 0 Å². The molecule has 0 aromatic carbocycles. The normalized spacial score (nSPS) is 11.1. The van der Waals surface area contributed by atoms with Gasteiger partial charge in [0.25, 0.3) is 0 Å². The molecule has 18 heavy (non-hydrogen) atoms. The molecule has 7 nitrogen and oxygen atoms in total. The second kappa shape index (κ2) is 5.52. The van der Waals surface area contributed by atoms with Gasteiger partial charge in [0, 0.05) is 19.8 Å². The Morgan fingerprint density at radius 3 is 2.67 bits per heavy atom. The number of carbonyl (C=O) groups excluding carboxylic acids is 2. The van der Waals surface area contributed by atoms with Crippen LogP contribution in [0.1, 0.15) is 13.8 Å². The molecule has 1 rings (SSSR count). The Balaban J connectivity index is 2.44. The van der Waals surface area contributed by atoms with Crippen LogP contribution in [-0.2, 0) is 16.1 Å². The number of hydrogen-bond donors (Lipinski definition) is 3. The number of hydrogen-bond acceptors (Lipinski definition) is 4. The molecule has 0 saturated heterocycles. The number of nitrogens with zero attached hydrogens (tertiary/aromatic N) is 2. The average Bonchev–Trinajstić information content (AvgIpc) is 2.71. The van der Waals surface area contributed by atoms with Crippen LogP contribution < -0.4 is 16.4 Å². The van der Waals surface area contributed by atoms with Gasteiger partial charge in [-0.05, 0) is 19.9 Å². The van der Waals surface area contributed by atoms with E-state index in [4.69, 9.17) is 5.73 Å². The van der Waals surface area contributed by atoms with Gasteiger partial charge in [-0.15, -0.1) is 0 Å². The molecule has 0 fully saturated rings. The SMILES string of the molecule is CNC(=O)C(C)(C)CNC(=O)Cn1ccc(N)n1. The third-order valence-corrected chi connectivity index (χ3v) is 2.54. The first kappa shape index (κ1) is 14.0. The molecule has 100 valence electrons. The molecule has 1 aromatic rings. The van der Waals surface area contributed by atoms with Gasteiger partial charge in [0.05, 0.1) is 5.41 Å². The van der Waals surface area contributed by atoms with Crippen molar-refractivity contribution < 1.29 is 9.59 Å². The van der Waals surface area contributed by atoms with E-state index in [9.17, 15) is 9.59 Å². The molecule has 0 saturated carbocycles. The maximum atomic E-state index is 11.6. The molecule has 0 bridgehead atoms. The van der Waals surface area contributed by atoms with E-state index in [1.54, 1.807) is 33.2 Å². The highest BCUT2D eigenvalue weighted by atomic mass is 16.2. The highest BCUT2D eigenvalue weighted by Gasteiger charge is 2.26. The van der Waals surface area contributed by atoms with Crippen molar-refractivity contribution in [1.29, 1.82) is 0 Å². The Morgan fingerprint density at radius 2 is 2.17 bits per heavy atom. The number of aromatic nitrogens is 2. The molecule has 0 aliphatic carbocycles. The lowest BCUT2D eigenvalue weighted by atomic mass is 9.92. The maximum absolute atomic E-state index is 11.6. The summed E-state index contributed by atoms with van der Waals surface area (Å²) >= 11 is 0. The predicted octanol–water partition coefficient (Wildman–Crippen LogP) is -0.646. The van der Waals surface area contributed by atoms with Gasteiger partial charge in [-0.25, -0.2) is 0 Å². The summed E-state index contributed by atoms with van der Waals surface area (Å²) in [5.41, 5.74) is 4.79. The lowest BCUT2D eigenvalue weighted by Gasteiger charge is -2.22. The fourth-order valence-corrected chi connectivity index (χ4v) is 1.41. The molecule has 1 heterocycles. The Labute approximate surface area is 106 Å². The molecule has 0 aliphatic heterocycles. The highest BCUT2D eigenvalue weighted by Crippen LogP contribution is 2.12. The summed E-state index contributed by atoms with van der Waals surface area (Å²) in [6.07, 6.45) is 1.62. The average molecular weight is 253 g/mol. The molecule has 7 heteroatoms. The fourth-order valence-electron chi connectivity index (χ4n) is 1.41. The summed E-state index contributed by atoms with van der Waals surface area (Å²) in [6.45, 7) is 3.87. The fraction of sp³-hybridized carbons (Fsp3) is 0.545. The zero-order valence-electron chi connectivity index (χ0n) is 10.9. The van der Waals surface area contributed by atoms with E-state index in [1.165, 1.54) is 4.68 Å². The summed E-state index contributed by atoms with van der Waals surface area (Å²) in [4.78, 5) is 23.1. The molecular weight excluding hydrogens is 234 g/mol. The van der Waals surface area contributed by atoms with Crippen LogP contribution in [0.2, 0.25) is 0 Å². The van der Waals surface area contributed by atoms with Gasteiger partial charge in [-0.2, -0.15) is 5.10 Å². The zero-order chi connectivity index (χ0) is 13.8. The monoisotopic (exact) mass is 253 g/mol. The Bertz CT molecular complexity index is 438. The van der Waals surface area contributed by atoms with Gasteiger partial charge in [0.15, 0.2) is 0 Å². The first-order valence-corrected chi connectivity index (χ1v) is 5.63. The van der Waals surface area contributed by atoms with Crippen molar-refractivity contribution in [2.75, 3.05) is 19.3 Å². The van der Waals surface area contributed by atoms with Crippen molar-refractivity contribution in [2.45, 2.75) is 20.4 Å². The first-order valence-electron chi connectivity index (χ1n) is 5.63. The lowest BCUT2D eigenvalue weighted by Crippen LogP contribution is -2.44. The first-order chi connectivity index (χ1) is 8.35. The number of nitrogen functional groups attached to an aromatic ring is 1. The van der Waals surface area contributed by atoms with Crippen LogP contribution in [-0.4, -0.2) is 35.2 Å². The van der Waals surface area contributed by atoms with Gasteiger partial charge in [0.2, 0.25) is 11.8 Å². The van der Waals surface area contributed by atoms with E-state index in [0.717, 1.165) is 0 Å². The standard InChI is InChI=1S/C11H19N5O2/c1-11(2,10(18)13-3)7-14-9(17)6-16-5-4-8(12)15-16/h4-5H,6-7H2,1-3H3,(H2,12,15)(H,13,18)(H,14,17). The van der Waals surface area contributed by atoms with Crippen molar-refractivity contribution in [3.05, 3.63) is 12.3 Å². The number of amides is 2. The quantitative estimate of drug-likeness (QED) is 0.649. The minimum absolute atomic E-state index is 0.0843. The van der Waals surface area contributed by atoms with Crippen LogP contribution in [0.4, 0.5) is 5.82 Å².